The third-order valence-corrected chi connectivity index (χ3v) is 5.92. The lowest BCUT2D eigenvalue weighted by Gasteiger charge is -2.37. The molecule has 0 bridgehead atoms. The SMILES string of the molecule is CC(C(=O)Nc1cccc(S(N)(=O)=O)c1)N1CCN(Cc2ccccc2)CC1. The van der Waals surface area contributed by atoms with Crippen LogP contribution in [0.3, 0.4) is 0 Å². The molecule has 1 unspecified atom stereocenters. The van der Waals surface area contributed by atoms with E-state index in [0.29, 0.717) is 5.69 Å². The van der Waals surface area contributed by atoms with Gasteiger partial charge in [-0.1, -0.05) is 36.4 Å². The molecule has 1 fully saturated rings. The molecule has 7 nitrogen and oxygen atoms in total. The molecule has 1 atom stereocenters. The zero-order valence-electron chi connectivity index (χ0n) is 15.9. The summed E-state index contributed by atoms with van der Waals surface area (Å²) in [5.41, 5.74) is 1.71. The van der Waals surface area contributed by atoms with Crippen LogP contribution in [-0.2, 0) is 21.4 Å². The fourth-order valence-electron chi connectivity index (χ4n) is 3.31. The second kappa shape index (κ2) is 8.83. The van der Waals surface area contributed by atoms with Crippen molar-refractivity contribution in [2.45, 2.75) is 24.4 Å². The first-order valence-corrected chi connectivity index (χ1v) is 10.8. The number of rotatable bonds is 6. The Labute approximate surface area is 166 Å². The molecule has 28 heavy (non-hydrogen) atoms. The number of anilines is 1. The standard InChI is InChI=1S/C20H26N4O3S/c1-16(20(25)22-18-8-5-9-19(14-18)28(21,26)27)24-12-10-23(11-13-24)15-17-6-3-2-4-7-17/h2-9,14,16H,10-13,15H2,1H3,(H,22,25)(H2,21,26,27). The Kier molecular flexibility index (Phi) is 6.46. The Bertz CT molecular complexity index is 910. The van der Waals surface area contributed by atoms with E-state index < -0.39 is 10.0 Å². The molecule has 3 rings (SSSR count). The number of primary sulfonamides is 1. The fraction of sp³-hybridized carbons (Fsp3) is 0.350. The van der Waals surface area contributed by atoms with Crippen molar-refractivity contribution in [2.75, 3.05) is 31.5 Å². The maximum absolute atomic E-state index is 12.6. The van der Waals surface area contributed by atoms with Crippen LogP contribution in [0.2, 0.25) is 0 Å². The number of sulfonamides is 1. The van der Waals surface area contributed by atoms with Crippen molar-refractivity contribution in [3.8, 4) is 0 Å². The highest BCUT2D eigenvalue weighted by molar-refractivity contribution is 7.89. The Balaban J connectivity index is 1.53. The molecule has 1 saturated heterocycles. The summed E-state index contributed by atoms with van der Waals surface area (Å²) in [6.07, 6.45) is 0. The van der Waals surface area contributed by atoms with E-state index >= 15 is 0 Å². The monoisotopic (exact) mass is 402 g/mol. The summed E-state index contributed by atoms with van der Waals surface area (Å²) in [4.78, 5) is 17.1. The zero-order chi connectivity index (χ0) is 20.1. The molecule has 1 heterocycles. The molecule has 1 aliphatic rings. The molecule has 150 valence electrons. The highest BCUT2D eigenvalue weighted by Crippen LogP contribution is 2.16. The zero-order valence-corrected chi connectivity index (χ0v) is 16.7. The van der Waals surface area contributed by atoms with Crippen LogP contribution < -0.4 is 10.5 Å². The molecule has 0 spiro atoms. The van der Waals surface area contributed by atoms with Gasteiger partial charge in [0.05, 0.1) is 10.9 Å². The number of nitrogens with zero attached hydrogens (tertiary/aromatic N) is 2. The number of carbonyl (C=O) groups is 1. The van der Waals surface area contributed by atoms with Gasteiger partial charge in [-0.15, -0.1) is 0 Å². The molecular formula is C20H26N4O3S. The third kappa shape index (κ3) is 5.39. The van der Waals surface area contributed by atoms with Crippen LogP contribution in [0.15, 0.2) is 59.5 Å². The highest BCUT2D eigenvalue weighted by atomic mass is 32.2. The molecule has 8 heteroatoms. The average molecular weight is 403 g/mol. The Morgan fingerprint density at radius 3 is 2.39 bits per heavy atom. The Hall–Kier alpha value is -2.26. The summed E-state index contributed by atoms with van der Waals surface area (Å²) in [5.74, 6) is -0.164. The minimum absolute atomic E-state index is 0.0209. The topological polar surface area (TPSA) is 95.7 Å². The summed E-state index contributed by atoms with van der Waals surface area (Å²) in [6, 6.07) is 16.0. The van der Waals surface area contributed by atoms with Crippen LogP contribution in [0.1, 0.15) is 12.5 Å². The number of nitrogens with one attached hydrogen (secondary N) is 1. The summed E-state index contributed by atoms with van der Waals surface area (Å²) < 4.78 is 22.9. The van der Waals surface area contributed by atoms with E-state index in [9.17, 15) is 13.2 Å². The second-order valence-electron chi connectivity index (χ2n) is 7.04. The van der Waals surface area contributed by atoms with E-state index in [2.05, 4.69) is 27.2 Å². The maximum atomic E-state index is 12.6. The van der Waals surface area contributed by atoms with Crippen LogP contribution >= 0.6 is 0 Å². The third-order valence-electron chi connectivity index (χ3n) is 5.01. The first kappa shape index (κ1) is 20.5. The number of carbonyl (C=O) groups excluding carboxylic acids is 1. The number of hydrogen-bond acceptors (Lipinski definition) is 5. The Morgan fingerprint density at radius 1 is 1.07 bits per heavy atom. The van der Waals surface area contributed by atoms with E-state index in [0.717, 1.165) is 32.7 Å². The van der Waals surface area contributed by atoms with Gasteiger partial charge in [0.15, 0.2) is 0 Å². The van der Waals surface area contributed by atoms with Gasteiger partial charge in [0.1, 0.15) is 0 Å². The van der Waals surface area contributed by atoms with Gasteiger partial charge in [0.2, 0.25) is 15.9 Å². The minimum atomic E-state index is -3.80. The summed E-state index contributed by atoms with van der Waals surface area (Å²) in [7, 11) is -3.80. The molecule has 1 aliphatic heterocycles. The number of hydrogen-bond donors (Lipinski definition) is 2. The van der Waals surface area contributed by atoms with E-state index in [1.165, 1.54) is 17.7 Å². The van der Waals surface area contributed by atoms with Gasteiger partial charge in [-0.25, -0.2) is 13.6 Å². The first-order valence-electron chi connectivity index (χ1n) is 9.27. The Morgan fingerprint density at radius 2 is 1.75 bits per heavy atom. The molecule has 3 N–H and O–H groups in total. The molecular weight excluding hydrogens is 376 g/mol. The normalized spacial score (nSPS) is 17.2. The van der Waals surface area contributed by atoms with E-state index in [-0.39, 0.29) is 16.8 Å². The van der Waals surface area contributed by atoms with Crippen molar-refractivity contribution < 1.29 is 13.2 Å². The smallest absolute Gasteiger partial charge is 0.241 e. The summed E-state index contributed by atoms with van der Waals surface area (Å²) in [5, 5.41) is 7.94. The predicted octanol–water partition coefficient (Wildman–Crippen LogP) is 1.48. The van der Waals surface area contributed by atoms with E-state index in [4.69, 9.17) is 5.14 Å². The lowest BCUT2D eigenvalue weighted by atomic mass is 10.1. The second-order valence-corrected chi connectivity index (χ2v) is 8.60. The van der Waals surface area contributed by atoms with Crippen LogP contribution in [-0.4, -0.2) is 56.3 Å². The molecule has 0 aromatic heterocycles. The van der Waals surface area contributed by atoms with Crippen molar-refractivity contribution in [1.82, 2.24) is 9.80 Å². The summed E-state index contributed by atoms with van der Waals surface area (Å²) >= 11 is 0. The molecule has 0 aliphatic carbocycles. The van der Waals surface area contributed by atoms with E-state index in [1.807, 2.05) is 25.1 Å². The van der Waals surface area contributed by atoms with Crippen LogP contribution in [0.4, 0.5) is 5.69 Å². The van der Waals surface area contributed by atoms with Gasteiger partial charge in [-0.05, 0) is 30.7 Å². The van der Waals surface area contributed by atoms with Gasteiger partial charge < -0.3 is 5.32 Å². The van der Waals surface area contributed by atoms with Crippen molar-refractivity contribution in [3.63, 3.8) is 0 Å². The highest BCUT2D eigenvalue weighted by Gasteiger charge is 2.25. The van der Waals surface area contributed by atoms with Gasteiger partial charge in [-0.2, -0.15) is 0 Å². The van der Waals surface area contributed by atoms with Gasteiger partial charge in [-0.3, -0.25) is 14.6 Å². The molecule has 2 aromatic carbocycles. The number of nitrogens with two attached hydrogens (primary N) is 1. The predicted molar refractivity (Wildman–Crippen MR) is 109 cm³/mol. The molecule has 2 aromatic rings. The van der Waals surface area contributed by atoms with Crippen molar-refractivity contribution in [1.29, 1.82) is 0 Å². The van der Waals surface area contributed by atoms with Gasteiger partial charge in [0, 0.05) is 38.4 Å². The van der Waals surface area contributed by atoms with Crippen LogP contribution in [0.25, 0.3) is 0 Å². The quantitative estimate of drug-likeness (QED) is 0.763. The van der Waals surface area contributed by atoms with Crippen LogP contribution in [0.5, 0.6) is 0 Å². The largest absolute Gasteiger partial charge is 0.325 e. The molecule has 1 amide bonds. The molecule has 0 saturated carbocycles. The van der Waals surface area contributed by atoms with Crippen molar-refractivity contribution in [2.24, 2.45) is 5.14 Å². The lowest BCUT2D eigenvalue weighted by molar-refractivity contribution is -0.121. The maximum Gasteiger partial charge on any atom is 0.241 e. The average Bonchev–Trinajstić information content (AvgIpc) is 2.68. The van der Waals surface area contributed by atoms with Gasteiger partial charge in [0.25, 0.3) is 0 Å². The van der Waals surface area contributed by atoms with E-state index in [1.54, 1.807) is 12.1 Å². The number of amides is 1. The van der Waals surface area contributed by atoms with Crippen molar-refractivity contribution >= 4 is 21.6 Å². The number of benzene rings is 2. The van der Waals surface area contributed by atoms with Crippen LogP contribution in [0, 0.1) is 0 Å². The summed E-state index contributed by atoms with van der Waals surface area (Å²) in [6.45, 7) is 6.18. The first-order chi connectivity index (χ1) is 13.3. The lowest BCUT2D eigenvalue weighted by Crippen LogP contribution is -2.52. The molecule has 0 radical (unpaired) electrons. The minimum Gasteiger partial charge on any atom is -0.325 e. The fourth-order valence-corrected chi connectivity index (χ4v) is 3.87. The number of piperazine rings is 1. The van der Waals surface area contributed by atoms with Crippen molar-refractivity contribution in [3.05, 3.63) is 60.2 Å². The van der Waals surface area contributed by atoms with Gasteiger partial charge >= 0.3 is 0 Å².